The van der Waals surface area contributed by atoms with Gasteiger partial charge in [0.25, 0.3) is 0 Å². The van der Waals surface area contributed by atoms with Gasteiger partial charge in [-0.15, -0.1) is 0 Å². The highest BCUT2D eigenvalue weighted by Gasteiger charge is 2.25. The molecule has 0 radical (unpaired) electrons. The summed E-state index contributed by atoms with van der Waals surface area (Å²) in [6.07, 6.45) is 0.803. The van der Waals surface area contributed by atoms with Crippen LogP contribution in [0, 0.1) is 17.5 Å². The molecule has 26 heavy (non-hydrogen) atoms. The predicted molar refractivity (Wildman–Crippen MR) is 96.7 cm³/mol. The molecule has 1 unspecified atom stereocenters. The van der Waals surface area contributed by atoms with E-state index >= 15 is 0 Å². The molecule has 0 aromatic heterocycles. The Labute approximate surface area is 150 Å². The van der Waals surface area contributed by atoms with Gasteiger partial charge in [-0.1, -0.05) is 12.1 Å². The number of guanidine groups is 1. The zero-order valence-corrected chi connectivity index (χ0v) is 14.5. The Morgan fingerprint density at radius 2 is 1.96 bits per heavy atom. The van der Waals surface area contributed by atoms with Crippen LogP contribution in [0.15, 0.2) is 47.5 Å². The lowest BCUT2D eigenvalue weighted by Crippen LogP contribution is -2.44. The quantitative estimate of drug-likeness (QED) is 0.649. The summed E-state index contributed by atoms with van der Waals surface area (Å²) in [5.41, 5.74) is 1.22. The van der Waals surface area contributed by atoms with E-state index in [-0.39, 0.29) is 11.9 Å². The highest BCUT2D eigenvalue weighted by molar-refractivity contribution is 5.80. The minimum atomic E-state index is -0.581. The Bertz CT molecular complexity index is 794. The van der Waals surface area contributed by atoms with Crippen molar-refractivity contribution in [3.63, 3.8) is 0 Å². The molecule has 1 fully saturated rings. The number of nitrogens with zero attached hydrogens (tertiary/aromatic N) is 2. The second-order valence-corrected chi connectivity index (χ2v) is 6.23. The first kappa shape index (κ1) is 18.1. The maximum atomic E-state index is 13.9. The van der Waals surface area contributed by atoms with E-state index in [1.807, 2.05) is 11.0 Å². The van der Waals surface area contributed by atoms with Crippen molar-refractivity contribution < 1.29 is 13.2 Å². The largest absolute Gasteiger partial charge is 0.367 e. The summed E-state index contributed by atoms with van der Waals surface area (Å²) in [6.45, 7) is 1.70. The van der Waals surface area contributed by atoms with E-state index < -0.39 is 11.6 Å². The molecule has 0 saturated carbocycles. The lowest BCUT2D eigenvalue weighted by molar-refractivity contribution is 0.580. The van der Waals surface area contributed by atoms with E-state index in [9.17, 15) is 13.2 Å². The molecule has 1 saturated heterocycles. The van der Waals surface area contributed by atoms with Gasteiger partial charge in [0, 0.05) is 38.8 Å². The number of aliphatic imine (C=N–C) groups is 1. The Balaban J connectivity index is 1.55. The van der Waals surface area contributed by atoms with Gasteiger partial charge >= 0.3 is 0 Å². The Kier molecular flexibility index (Phi) is 5.65. The fourth-order valence-corrected chi connectivity index (χ4v) is 3.06. The molecule has 0 aliphatic carbocycles. The van der Waals surface area contributed by atoms with Crippen LogP contribution in [0.25, 0.3) is 0 Å². The van der Waals surface area contributed by atoms with E-state index in [2.05, 4.69) is 15.6 Å². The maximum Gasteiger partial charge on any atom is 0.191 e. The van der Waals surface area contributed by atoms with Crippen LogP contribution in [0.1, 0.15) is 12.0 Å². The fourth-order valence-electron chi connectivity index (χ4n) is 3.06. The number of hydrogen-bond donors (Lipinski definition) is 2. The third kappa shape index (κ3) is 4.47. The molecule has 3 rings (SSSR count). The minimum Gasteiger partial charge on any atom is -0.367 e. The zero-order chi connectivity index (χ0) is 18.5. The molecule has 0 bridgehead atoms. The standard InChI is InChI=1S/C19H21F3N4/c1-23-19(24-11-13-3-2-4-14(20)9-13)25-16-7-8-26(12-16)18-6-5-15(21)10-17(18)22/h2-6,9-10,16H,7-8,11-12H2,1H3,(H2,23,24,25). The second-order valence-electron chi connectivity index (χ2n) is 6.23. The van der Waals surface area contributed by atoms with Gasteiger partial charge < -0.3 is 15.5 Å². The first-order chi connectivity index (χ1) is 12.5. The average Bonchev–Trinajstić information content (AvgIpc) is 3.07. The van der Waals surface area contributed by atoms with Crippen molar-refractivity contribution in [1.29, 1.82) is 0 Å². The van der Waals surface area contributed by atoms with Gasteiger partial charge in [-0.2, -0.15) is 0 Å². The van der Waals surface area contributed by atoms with Crippen LogP contribution in [0.3, 0.4) is 0 Å². The molecule has 1 heterocycles. The fraction of sp³-hybridized carbons (Fsp3) is 0.316. The molecule has 2 aromatic rings. The number of rotatable bonds is 4. The third-order valence-electron chi connectivity index (χ3n) is 4.35. The summed E-state index contributed by atoms with van der Waals surface area (Å²) in [7, 11) is 1.66. The molecule has 4 nitrogen and oxygen atoms in total. The highest BCUT2D eigenvalue weighted by Crippen LogP contribution is 2.24. The molecule has 0 amide bonds. The van der Waals surface area contributed by atoms with Crippen molar-refractivity contribution in [2.24, 2.45) is 4.99 Å². The normalized spacial score (nSPS) is 17.5. The first-order valence-corrected chi connectivity index (χ1v) is 8.47. The monoisotopic (exact) mass is 362 g/mol. The number of nitrogens with one attached hydrogen (secondary N) is 2. The zero-order valence-electron chi connectivity index (χ0n) is 14.5. The van der Waals surface area contributed by atoms with Crippen LogP contribution in [-0.4, -0.2) is 32.1 Å². The summed E-state index contributed by atoms with van der Waals surface area (Å²) in [5, 5.41) is 6.43. The molecule has 7 heteroatoms. The molecular weight excluding hydrogens is 341 g/mol. The van der Waals surface area contributed by atoms with Gasteiger partial charge in [0.05, 0.1) is 5.69 Å². The number of halogens is 3. The van der Waals surface area contributed by atoms with Crippen molar-refractivity contribution in [1.82, 2.24) is 10.6 Å². The summed E-state index contributed by atoms with van der Waals surface area (Å²) < 4.78 is 40.2. The van der Waals surface area contributed by atoms with Crippen LogP contribution in [0.2, 0.25) is 0 Å². The van der Waals surface area contributed by atoms with Gasteiger partial charge in [0.1, 0.15) is 17.5 Å². The van der Waals surface area contributed by atoms with E-state index in [0.29, 0.717) is 31.3 Å². The third-order valence-corrected chi connectivity index (χ3v) is 4.35. The van der Waals surface area contributed by atoms with Gasteiger partial charge in [-0.25, -0.2) is 13.2 Å². The lowest BCUT2D eigenvalue weighted by atomic mass is 10.2. The Morgan fingerprint density at radius 1 is 1.15 bits per heavy atom. The molecule has 0 spiro atoms. The predicted octanol–water partition coefficient (Wildman–Crippen LogP) is 3.05. The maximum absolute atomic E-state index is 13.9. The van der Waals surface area contributed by atoms with Crippen molar-refractivity contribution >= 4 is 11.6 Å². The molecule has 1 atom stereocenters. The van der Waals surface area contributed by atoms with Crippen LogP contribution < -0.4 is 15.5 Å². The summed E-state index contributed by atoms with van der Waals surface area (Å²) in [5.74, 6) is -0.818. The van der Waals surface area contributed by atoms with E-state index in [1.54, 1.807) is 13.1 Å². The Hall–Kier alpha value is -2.70. The van der Waals surface area contributed by atoms with Crippen LogP contribution in [-0.2, 0) is 6.54 Å². The van der Waals surface area contributed by atoms with Crippen LogP contribution in [0.5, 0.6) is 0 Å². The molecule has 138 valence electrons. The Morgan fingerprint density at radius 3 is 2.69 bits per heavy atom. The number of anilines is 1. The highest BCUT2D eigenvalue weighted by atomic mass is 19.1. The summed E-state index contributed by atoms with van der Waals surface area (Å²) >= 11 is 0. The lowest BCUT2D eigenvalue weighted by Gasteiger charge is -2.21. The van der Waals surface area contributed by atoms with Crippen LogP contribution in [0.4, 0.5) is 18.9 Å². The van der Waals surface area contributed by atoms with Crippen molar-refractivity contribution in [3.8, 4) is 0 Å². The first-order valence-electron chi connectivity index (χ1n) is 8.47. The van der Waals surface area contributed by atoms with E-state index in [4.69, 9.17) is 0 Å². The molecule has 2 N–H and O–H groups in total. The number of hydrogen-bond acceptors (Lipinski definition) is 2. The molecular formula is C19H21F3N4. The van der Waals surface area contributed by atoms with Gasteiger partial charge in [0.2, 0.25) is 0 Å². The topological polar surface area (TPSA) is 39.7 Å². The summed E-state index contributed by atoms with van der Waals surface area (Å²) in [4.78, 5) is 6.06. The van der Waals surface area contributed by atoms with Gasteiger partial charge in [-0.3, -0.25) is 4.99 Å². The number of benzene rings is 2. The molecule has 2 aromatic carbocycles. The minimum absolute atomic E-state index is 0.0816. The molecule has 1 aliphatic rings. The molecule has 1 aliphatic heterocycles. The SMILES string of the molecule is CN=C(NCc1cccc(F)c1)NC1CCN(c2ccc(F)cc2F)C1. The summed E-state index contributed by atoms with van der Waals surface area (Å²) in [6, 6.07) is 10.1. The second kappa shape index (κ2) is 8.12. The van der Waals surface area contributed by atoms with E-state index in [1.165, 1.54) is 24.3 Å². The van der Waals surface area contributed by atoms with Crippen molar-refractivity contribution in [2.75, 3.05) is 25.0 Å². The average molecular weight is 362 g/mol. The van der Waals surface area contributed by atoms with Gasteiger partial charge in [0.15, 0.2) is 5.96 Å². The van der Waals surface area contributed by atoms with Crippen LogP contribution >= 0.6 is 0 Å². The smallest absolute Gasteiger partial charge is 0.191 e. The van der Waals surface area contributed by atoms with E-state index in [0.717, 1.165) is 18.1 Å². The van der Waals surface area contributed by atoms with Crippen molar-refractivity contribution in [3.05, 3.63) is 65.5 Å². The van der Waals surface area contributed by atoms with Crippen molar-refractivity contribution in [2.45, 2.75) is 19.0 Å². The van der Waals surface area contributed by atoms with Gasteiger partial charge in [-0.05, 0) is 36.2 Å².